The van der Waals surface area contributed by atoms with E-state index in [2.05, 4.69) is 0 Å². The SMILES string of the molecule is COc1ccc2cc(C(=O)c3ccccc3)c(=O)oc2c1.COc1ccc2cc(Cc3ccccc3)c(=O)oc2c1. The van der Waals surface area contributed by atoms with Gasteiger partial charge in [-0.25, -0.2) is 9.59 Å². The Morgan fingerprint density at radius 3 is 1.76 bits per heavy atom. The molecule has 4 aromatic carbocycles. The molecule has 0 spiro atoms. The highest BCUT2D eigenvalue weighted by molar-refractivity contribution is 6.09. The van der Waals surface area contributed by atoms with Gasteiger partial charge in [0.25, 0.3) is 0 Å². The van der Waals surface area contributed by atoms with Gasteiger partial charge < -0.3 is 18.3 Å². The monoisotopic (exact) mass is 546 g/mol. The topological polar surface area (TPSA) is 96.0 Å². The summed E-state index contributed by atoms with van der Waals surface area (Å²) in [5.74, 6) is 0.923. The Bertz CT molecular complexity index is 1940. The molecule has 0 saturated heterocycles. The molecule has 0 saturated carbocycles. The molecule has 7 nitrogen and oxygen atoms in total. The molecule has 204 valence electrons. The third-order valence-corrected chi connectivity index (χ3v) is 6.48. The van der Waals surface area contributed by atoms with Gasteiger partial charge in [-0.1, -0.05) is 60.7 Å². The second kappa shape index (κ2) is 12.2. The van der Waals surface area contributed by atoms with Crippen LogP contribution in [0.2, 0.25) is 0 Å². The fourth-order valence-electron chi connectivity index (χ4n) is 4.32. The van der Waals surface area contributed by atoms with Gasteiger partial charge >= 0.3 is 11.3 Å². The molecular formula is C34H26O7. The number of ketones is 1. The lowest BCUT2D eigenvalue weighted by Gasteiger charge is -2.04. The van der Waals surface area contributed by atoms with Crippen LogP contribution in [0.5, 0.6) is 11.5 Å². The van der Waals surface area contributed by atoms with Crippen molar-refractivity contribution in [3.05, 3.63) is 152 Å². The van der Waals surface area contributed by atoms with Gasteiger partial charge in [-0.15, -0.1) is 0 Å². The van der Waals surface area contributed by atoms with Gasteiger partial charge in [0.2, 0.25) is 0 Å². The van der Waals surface area contributed by atoms with E-state index < -0.39 is 5.63 Å². The second-order valence-corrected chi connectivity index (χ2v) is 9.17. The van der Waals surface area contributed by atoms with Gasteiger partial charge in [-0.3, -0.25) is 4.79 Å². The van der Waals surface area contributed by atoms with Crippen molar-refractivity contribution < 1.29 is 23.1 Å². The van der Waals surface area contributed by atoms with E-state index in [4.69, 9.17) is 18.3 Å². The summed E-state index contributed by atoms with van der Waals surface area (Å²) in [6.07, 6.45) is 0.575. The van der Waals surface area contributed by atoms with Gasteiger partial charge in [-0.05, 0) is 42.0 Å². The number of carbonyl (C=O) groups excluding carboxylic acids is 1. The summed E-state index contributed by atoms with van der Waals surface area (Å²) in [5, 5.41) is 1.58. The molecule has 0 radical (unpaired) electrons. The highest BCUT2D eigenvalue weighted by Crippen LogP contribution is 2.22. The zero-order chi connectivity index (χ0) is 28.8. The Kier molecular flexibility index (Phi) is 8.06. The predicted molar refractivity (Wildman–Crippen MR) is 157 cm³/mol. The third-order valence-electron chi connectivity index (χ3n) is 6.48. The molecule has 0 aliphatic carbocycles. The number of ether oxygens (including phenoxy) is 2. The van der Waals surface area contributed by atoms with Crippen LogP contribution in [0, 0.1) is 0 Å². The summed E-state index contributed by atoms with van der Waals surface area (Å²) >= 11 is 0. The summed E-state index contributed by atoms with van der Waals surface area (Å²) in [7, 11) is 3.12. The maximum Gasteiger partial charge on any atom is 0.347 e. The first-order valence-electron chi connectivity index (χ1n) is 12.8. The first-order chi connectivity index (χ1) is 19.9. The van der Waals surface area contributed by atoms with Crippen LogP contribution in [-0.2, 0) is 6.42 Å². The molecule has 0 fully saturated rings. The van der Waals surface area contributed by atoms with Crippen LogP contribution in [-0.4, -0.2) is 20.0 Å². The second-order valence-electron chi connectivity index (χ2n) is 9.17. The molecular weight excluding hydrogens is 520 g/mol. The first kappa shape index (κ1) is 27.1. The van der Waals surface area contributed by atoms with E-state index in [0.29, 0.717) is 45.6 Å². The fraction of sp³-hybridized carbons (Fsp3) is 0.0882. The molecule has 2 aromatic heterocycles. The summed E-state index contributed by atoms with van der Waals surface area (Å²) in [4.78, 5) is 36.4. The van der Waals surface area contributed by atoms with E-state index >= 15 is 0 Å². The number of fused-ring (bicyclic) bond motifs is 2. The molecule has 0 amide bonds. The van der Waals surface area contributed by atoms with Crippen LogP contribution >= 0.6 is 0 Å². The molecule has 0 atom stereocenters. The predicted octanol–water partition coefficient (Wildman–Crippen LogP) is 6.43. The smallest absolute Gasteiger partial charge is 0.347 e. The molecule has 0 unspecified atom stereocenters. The quantitative estimate of drug-likeness (QED) is 0.176. The average Bonchev–Trinajstić information content (AvgIpc) is 3.01. The molecule has 41 heavy (non-hydrogen) atoms. The van der Waals surface area contributed by atoms with Crippen molar-refractivity contribution in [2.75, 3.05) is 14.2 Å². The lowest BCUT2D eigenvalue weighted by Crippen LogP contribution is -2.14. The number of hydrogen-bond donors (Lipinski definition) is 0. The largest absolute Gasteiger partial charge is 0.497 e. The van der Waals surface area contributed by atoms with E-state index in [-0.39, 0.29) is 17.0 Å². The lowest BCUT2D eigenvalue weighted by molar-refractivity contribution is 0.103. The Morgan fingerprint density at radius 2 is 1.17 bits per heavy atom. The van der Waals surface area contributed by atoms with Crippen LogP contribution in [0.15, 0.2) is 128 Å². The van der Waals surface area contributed by atoms with Crippen LogP contribution in [0.3, 0.4) is 0 Å². The zero-order valence-corrected chi connectivity index (χ0v) is 22.5. The highest BCUT2D eigenvalue weighted by atomic mass is 16.5. The van der Waals surface area contributed by atoms with Crippen LogP contribution < -0.4 is 20.7 Å². The van der Waals surface area contributed by atoms with E-state index in [9.17, 15) is 14.4 Å². The Balaban J connectivity index is 0.000000165. The molecule has 2 heterocycles. The number of methoxy groups -OCH3 is 2. The lowest BCUT2D eigenvalue weighted by atomic mass is 10.0. The van der Waals surface area contributed by atoms with Gasteiger partial charge in [0.1, 0.15) is 28.2 Å². The number of benzene rings is 4. The van der Waals surface area contributed by atoms with Gasteiger partial charge in [-0.2, -0.15) is 0 Å². The Hall–Kier alpha value is -5.43. The Morgan fingerprint density at radius 1 is 0.634 bits per heavy atom. The van der Waals surface area contributed by atoms with Crippen molar-refractivity contribution >= 4 is 27.7 Å². The summed E-state index contributed by atoms with van der Waals surface area (Å²) in [5.41, 5.74) is 2.23. The van der Waals surface area contributed by atoms with Crippen molar-refractivity contribution in [3.8, 4) is 11.5 Å². The van der Waals surface area contributed by atoms with Crippen molar-refractivity contribution in [3.63, 3.8) is 0 Å². The van der Waals surface area contributed by atoms with E-state index in [0.717, 1.165) is 10.9 Å². The number of rotatable bonds is 6. The van der Waals surface area contributed by atoms with Crippen LogP contribution in [0.4, 0.5) is 0 Å². The van der Waals surface area contributed by atoms with Gasteiger partial charge in [0.05, 0.1) is 14.2 Å². The average molecular weight is 547 g/mol. The molecule has 7 heteroatoms. The molecule has 6 rings (SSSR count). The third kappa shape index (κ3) is 6.25. The minimum atomic E-state index is -0.649. The number of carbonyl (C=O) groups is 1. The number of hydrogen-bond acceptors (Lipinski definition) is 7. The molecule has 0 bridgehead atoms. The highest BCUT2D eigenvalue weighted by Gasteiger charge is 2.15. The van der Waals surface area contributed by atoms with Crippen molar-refractivity contribution in [2.45, 2.75) is 6.42 Å². The maximum absolute atomic E-state index is 12.3. The summed E-state index contributed by atoms with van der Waals surface area (Å²) < 4.78 is 20.8. The zero-order valence-electron chi connectivity index (χ0n) is 22.5. The van der Waals surface area contributed by atoms with Crippen LogP contribution in [0.25, 0.3) is 21.9 Å². The molecule has 6 aromatic rings. The van der Waals surface area contributed by atoms with Gasteiger partial charge in [0, 0.05) is 40.5 Å². The standard InChI is InChI=1S/C17H12O4.C17H14O3/c1-20-13-8-7-12-9-14(17(19)21-15(12)10-13)16(18)11-5-3-2-4-6-11;1-19-15-8-7-13-10-14(17(18)20-16(13)11-15)9-12-5-3-2-4-6-12/h2-10H,1H3;2-8,10-11H,9H2,1H3. The summed E-state index contributed by atoms with van der Waals surface area (Å²) in [6, 6.07) is 32.5. The minimum Gasteiger partial charge on any atom is -0.497 e. The molecule has 0 aliphatic rings. The maximum atomic E-state index is 12.3. The van der Waals surface area contributed by atoms with Gasteiger partial charge in [0.15, 0.2) is 5.78 Å². The van der Waals surface area contributed by atoms with Crippen molar-refractivity contribution in [1.29, 1.82) is 0 Å². The Labute approximate surface area is 235 Å². The summed E-state index contributed by atoms with van der Waals surface area (Å²) in [6.45, 7) is 0. The van der Waals surface area contributed by atoms with E-state index in [1.165, 1.54) is 7.11 Å². The van der Waals surface area contributed by atoms with Crippen molar-refractivity contribution in [1.82, 2.24) is 0 Å². The normalized spacial score (nSPS) is 10.6. The van der Waals surface area contributed by atoms with Crippen LogP contribution in [0.1, 0.15) is 27.0 Å². The fourth-order valence-corrected chi connectivity index (χ4v) is 4.32. The minimum absolute atomic E-state index is 0.0267. The van der Waals surface area contributed by atoms with E-state index in [1.54, 1.807) is 61.7 Å². The first-order valence-corrected chi connectivity index (χ1v) is 12.8. The molecule has 0 aliphatic heterocycles. The van der Waals surface area contributed by atoms with Crippen molar-refractivity contribution in [2.24, 2.45) is 0 Å². The van der Waals surface area contributed by atoms with E-state index in [1.807, 2.05) is 54.6 Å². The molecule has 0 N–H and O–H groups in total.